The Balaban J connectivity index is 2.04. The summed E-state index contributed by atoms with van der Waals surface area (Å²) in [5.74, 6) is -0.966. The summed E-state index contributed by atoms with van der Waals surface area (Å²) in [5, 5.41) is 3.07. The van der Waals surface area contributed by atoms with Gasteiger partial charge in [0.25, 0.3) is 5.91 Å². The average Bonchev–Trinajstić information content (AvgIpc) is 2.58. The molecule has 5 heteroatoms. The number of hydrogen-bond donors (Lipinski definition) is 1. The first kappa shape index (κ1) is 19.0. The first-order valence-electron chi connectivity index (χ1n) is 8.16. The van der Waals surface area contributed by atoms with Gasteiger partial charge in [0, 0.05) is 0 Å². The third kappa shape index (κ3) is 5.07. The maximum Gasteiger partial charge on any atom is 0.329 e. The average molecular weight is 360 g/mol. The lowest BCUT2D eigenvalue weighted by Crippen LogP contribution is -2.45. The maximum atomic E-state index is 12.5. The number of esters is 1. The van der Waals surface area contributed by atoms with Crippen LogP contribution in [-0.4, -0.2) is 17.9 Å². The monoisotopic (exact) mass is 359 g/mol. The van der Waals surface area contributed by atoms with Gasteiger partial charge in [0.15, 0.2) is 0 Å². The highest BCUT2D eigenvalue weighted by Crippen LogP contribution is 2.16. The number of rotatable bonds is 6. The van der Waals surface area contributed by atoms with E-state index in [4.69, 9.17) is 16.3 Å². The number of carbonyl (C=O) groups excluding carboxylic acids is 2. The molecule has 4 nitrogen and oxygen atoms in total. The van der Waals surface area contributed by atoms with Gasteiger partial charge in [-0.3, -0.25) is 4.79 Å². The second kappa shape index (κ2) is 8.67. The fourth-order valence-electron chi connectivity index (χ4n) is 2.37. The molecular weight excluding hydrogens is 338 g/mol. The van der Waals surface area contributed by atoms with Crippen molar-refractivity contribution in [3.05, 3.63) is 70.2 Å². The van der Waals surface area contributed by atoms with E-state index in [9.17, 15) is 9.59 Å². The number of hydrogen-bond acceptors (Lipinski definition) is 3. The minimum absolute atomic E-state index is 0.115. The molecule has 0 radical (unpaired) electrons. The smallest absolute Gasteiger partial charge is 0.329 e. The summed E-state index contributed by atoms with van der Waals surface area (Å²) in [7, 11) is 0. The number of amides is 1. The molecule has 0 aliphatic carbocycles. The van der Waals surface area contributed by atoms with Crippen molar-refractivity contribution in [3.8, 4) is 0 Å². The molecule has 2 aromatic rings. The topological polar surface area (TPSA) is 55.4 Å². The number of carbonyl (C=O) groups is 2. The molecule has 0 fully saturated rings. The van der Waals surface area contributed by atoms with Crippen molar-refractivity contribution < 1.29 is 14.3 Å². The van der Waals surface area contributed by atoms with Crippen LogP contribution in [0.4, 0.5) is 0 Å². The molecule has 0 saturated carbocycles. The molecule has 1 N–H and O–H groups in total. The lowest BCUT2D eigenvalue weighted by molar-refractivity contribution is -0.148. The Labute approximate surface area is 153 Å². The third-order valence-electron chi connectivity index (χ3n) is 3.96. The van der Waals surface area contributed by atoms with Gasteiger partial charge < -0.3 is 10.1 Å². The molecule has 0 aromatic heterocycles. The zero-order valence-corrected chi connectivity index (χ0v) is 15.3. The van der Waals surface area contributed by atoms with Gasteiger partial charge in [-0.1, -0.05) is 61.8 Å². The summed E-state index contributed by atoms with van der Waals surface area (Å²) in [6, 6.07) is 13.7. The zero-order valence-electron chi connectivity index (χ0n) is 14.6. The first-order valence-corrected chi connectivity index (χ1v) is 8.54. The Bertz CT molecular complexity index is 758. The van der Waals surface area contributed by atoms with Crippen molar-refractivity contribution in [2.24, 2.45) is 5.92 Å². The number of ether oxygens (including phenoxy) is 1. The molecule has 25 heavy (non-hydrogen) atoms. The van der Waals surface area contributed by atoms with Crippen molar-refractivity contribution in [1.82, 2.24) is 5.32 Å². The highest BCUT2D eigenvalue weighted by molar-refractivity contribution is 6.33. The summed E-state index contributed by atoms with van der Waals surface area (Å²) in [5.41, 5.74) is 2.33. The second-order valence-electron chi connectivity index (χ2n) is 6.21. The van der Waals surface area contributed by atoms with Crippen LogP contribution in [0, 0.1) is 12.8 Å². The highest BCUT2D eigenvalue weighted by atomic mass is 35.5. The molecular formula is C20H22ClNO3. The summed E-state index contributed by atoms with van der Waals surface area (Å²) in [6.45, 7) is 5.85. The molecule has 0 saturated heterocycles. The van der Waals surface area contributed by atoms with Crippen molar-refractivity contribution in [3.63, 3.8) is 0 Å². The SMILES string of the molecule is Cc1ccccc1COC(=O)[C@H](NC(=O)c1ccccc1Cl)C(C)C. The van der Waals surface area contributed by atoms with Gasteiger partial charge in [0.05, 0.1) is 10.6 Å². The number of halogens is 1. The minimum atomic E-state index is -0.743. The van der Waals surface area contributed by atoms with Gasteiger partial charge in [0.2, 0.25) is 0 Å². The van der Waals surface area contributed by atoms with Crippen LogP contribution >= 0.6 is 11.6 Å². The van der Waals surface area contributed by atoms with Gasteiger partial charge in [-0.2, -0.15) is 0 Å². The van der Waals surface area contributed by atoms with E-state index in [2.05, 4.69) is 5.32 Å². The predicted molar refractivity (Wildman–Crippen MR) is 98.5 cm³/mol. The molecule has 2 aromatic carbocycles. The minimum Gasteiger partial charge on any atom is -0.459 e. The number of aryl methyl sites for hydroxylation is 1. The van der Waals surface area contributed by atoms with Gasteiger partial charge in [-0.15, -0.1) is 0 Å². The molecule has 0 aliphatic rings. The lowest BCUT2D eigenvalue weighted by Gasteiger charge is -2.21. The Morgan fingerprint density at radius 1 is 1.08 bits per heavy atom. The van der Waals surface area contributed by atoms with Crippen LogP contribution in [0.5, 0.6) is 0 Å². The molecule has 0 aliphatic heterocycles. The Hall–Kier alpha value is -2.33. The standard InChI is InChI=1S/C20H22ClNO3/c1-13(2)18(22-19(23)16-10-6-7-11-17(16)21)20(24)25-12-15-9-5-4-8-14(15)3/h4-11,13,18H,12H2,1-3H3,(H,22,23)/t18-/m1/s1. The van der Waals surface area contributed by atoms with Crippen LogP contribution < -0.4 is 5.32 Å². The molecule has 1 atom stereocenters. The van der Waals surface area contributed by atoms with Crippen molar-refractivity contribution in [2.45, 2.75) is 33.4 Å². The van der Waals surface area contributed by atoms with E-state index < -0.39 is 17.9 Å². The molecule has 2 rings (SSSR count). The quantitative estimate of drug-likeness (QED) is 0.788. The molecule has 0 unspecified atom stereocenters. The van der Waals surface area contributed by atoms with E-state index in [-0.39, 0.29) is 12.5 Å². The Kier molecular flexibility index (Phi) is 6.59. The fraction of sp³-hybridized carbons (Fsp3) is 0.300. The zero-order chi connectivity index (χ0) is 18.4. The molecule has 0 bridgehead atoms. The number of benzene rings is 2. The van der Waals surface area contributed by atoms with Gasteiger partial charge in [-0.05, 0) is 36.1 Å². The molecule has 132 valence electrons. The molecule has 1 amide bonds. The van der Waals surface area contributed by atoms with Crippen molar-refractivity contribution in [2.75, 3.05) is 0 Å². The van der Waals surface area contributed by atoms with Crippen LogP contribution in [0.3, 0.4) is 0 Å². The van der Waals surface area contributed by atoms with E-state index >= 15 is 0 Å². The Morgan fingerprint density at radius 3 is 2.36 bits per heavy atom. The van der Waals surface area contributed by atoms with E-state index in [1.807, 2.05) is 45.0 Å². The van der Waals surface area contributed by atoms with E-state index in [0.29, 0.717) is 10.6 Å². The van der Waals surface area contributed by atoms with Crippen LogP contribution in [0.25, 0.3) is 0 Å². The molecule has 0 spiro atoms. The fourth-order valence-corrected chi connectivity index (χ4v) is 2.59. The van der Waals surface area contributed by atoms with Gasteiger partial charge >= 0.3 is 5.97 Å². The summed E-state index contributed by atoms with van der Waals surface area (Å²) in [4.78, 5) is 24.9. The Morgan fingerprint density at radius 2 is 1.72 bits per heavy atom. The number of nitrogens with one attached hydrogen (secondary N) is 1. The normalized spacial score (nSPS) is 11.9. The molecule has 0 heterocycles. The first-order chi connectivity index (χ1) is 11.9. The predicted octanol–water partition coefficient (Wildman–Crippen LogP) is 4.15. The van der Waals surface area contributed by atoms with Crippen LogP contribution in [0.15, 0.2) is 48.5 Å². The summed E-state index contributed by atoms with van der Waals surface area (Å²) in [6.07, 6.45) is 0. The van der Waals surface area contributed by atoms with Crippen LogP contribution in [-0.2, 0) is 16.1 Å². The second-order valence-corrected chi connectivity index (χ2v) is 6.62. The van der Waals surface area contributed by atoms with E-state index in [1.54, 1.807) is 24.3 Å². The highest BCUT2D eigenvalue weighted by Gasteiger charge is 2.26. The lowest BCUT2D eigenvalue weighted by atomic mass is 10.0. The van der Waals surface area contributed by atoms with Crippen molar-refractivity contribution >= 4 is 23.5 Å². The summed E-state index contributed by atoms with van der Waals surface area (Å²) >= 11 is 6.04. The third-order valence-corrected chi connectivity index (χ3v) is 4.29. The van der Waals surface area contributed by atoms with Gasteiger partial charge in [-0.25, -0.2) is 4.79 Å². The van der Waals surface area contributed by atoms with Crippen LogP contribution in [0.2, 0.25) is 5.02 Å². The maximum absolute atomic E-state index is 12.5. The van der Waals surface area contributed by atoms with E-state index in [0.717, 1.165) is 11.1 Å². The van der Waals surface area contributed by atoms with Gasteiger partial charge in [0.1, 0.15) is 12.6 Å². The van der Waals surface area contributed by atoms with E-state index in [1.165, 1.54) is 0 Å². The van der Waals surface area contributed by atoms with Crippen molar-refractivity contribution in [1.29, 1.82) is 0 Å². The summed E-state index contributed by atoms with van der Waals surface area (Å²) < 4.78 is 5.41. The largest absolute Gasteiger partial charge is 0.459 e. The van der Waals surface area contributed by atoms with Crippen LogP contribution in [0.1, 0.15) is 35.3 Å².